The van der Waals surface area contributed by atoms with E-state index < -0.39 is 22.6 Å². The van der Waals surface area contributed by atoms with E-state index in [1.54, 1.807) is 13.8 Å². The van der Waals surface area contributed by atoms with Crippen molar-refractivity contribution in [3.8, 4) is 11.5 Å². The molecule has 0 aliphatic carbocycles. The Kier molecular flexibility index (Phi) is 4.78. The summed E-state index contributed by atoms with van der Waals surface area (Å²) in [6.07, 6.45) is 4.84. The minimum absolute atomic E-state index is 0.0494. The van der Waals surface area contributed by atoms with Gasteiger partial charge in [-0.1, -0.05) is 0 Å². The van der Waals surface area contributed by atoms with Crippen molar-refractivity contribution < 1.29 is 13.7 Å². The van der Waals surface area contributed by atoms with Gasteiger partial charge in [0.1, 0.15) is 29.2 Å². The van der Waals surface area contributed by atoms with E-state index in [1.807, 2.05) is 0 Å². The molecule has 1 atom stereocenters. The molecule has 0 saturated heterocycles. The Morgan fingerprint density at radius 2 is 1.93 bits per heavy atom. The number of fused-ring (bicyclic) bond motifs is 1. The van der Waals surface area contributed by atoms with E-state index in [2.05, 4.69) is 25.3 Å². The van der Waals surface area contributed by atoms with Crippen molar-refractivity contribution in [2.24, 2.45) is 0 Å². The van der Waals surface area contributed by atoms with Gasteiger partial charge in [-0.15, -0.1) is 0 Å². The Morgan fingerprint density at radius 3 is 2.63 bits per heavy atom. The van der Waals surface area contributed by atoms with Crippen molar-refractivity contribution in [2.75, 3.05) is 5.32 Å². The molecule has 4 rings (SSSR count). The molecule has 0 bridgehead atoms. The number of nitro groups is 1. The highest BCUT2D eigenvalue weighted by Gasteiger charge is 2.22. The number of pyridine rings is 2. The van der Waals surface area contributed by atoms with Crippen LogP contribution in [0.3, 0.4) is 0 Å². The van der Waals surface area contributed by atoms with Crippen molar-refractivity contribution in [1.82, 2.24) is 24.3 Å². The van der Waals surface area contributed by atoms with E-state index in [4.69, 9.17) is 0 Å². The molecule has 0 saturated carbocycles. The summed E-state index contributed by atoms with van der Waals surface area (Å²) in [6.45, 7) is 3.43. The first-order valence-corrected chi connectivity index (χ1v) is 8.86. The van der Waals surface area contributed by atoms with Crippen LogP contribution >= 0.6 is 0 Å². The predicted molar refractivity (Wildman–Crippen MR) is 104 cm³/mol. The zero-order valence-corrected chi connectivity index (χ0v) is 15.9. The highest BCUT2D eigenvalue weighted by Crippen LogP contribution is 2.28. The molecular weight excluding hydrogens is 396 g/mol. The van der Waals surface area contributed by atoms with Crippen LogP contribution in [0.1, 0.15) is 24.2 Å². The van der Waals surface area contributed by atoms with E-state index in [9.17, 15) is 18.9 Å². The lowest BCUT2D eigenvalue weighted by atomic mass is 10.2. The van der Waals surface area contributed by atoms with Gasteiger partial charge in [0.25, 0.3) is 0 Å². The Labute approximate surface area is 168 Å². The first kappa shape index (κ1) is 19.3. The van der Waals surface area contributed by atoms with E-state index in [-0.39, 0.29) is 17.3 Å². The second kappa shape index (κ2) is 7.43. The maximum atomic E-state index is 13.9. The van der Waals surface area contributed by atoms with Crippen LogP contribution in [0, 0.1) is 28.7 Å². The lowest BCUT2D eigenvalue weighted by molar-refractivity contribution is -0.384. The third kappa shape index (κ3) is 3.52. The van der Waals surface area contributed by atoms with Crippen molar-refractivity contribution in [3.63, 3.8) is 0 Å². The quantitative estimate of drug-likeness (QED) is 0.392. The zero-order valence-electron chi connectivity index (χ0n) is 15.9. The number of aromatic nitrogens is 5. The molecule has 0 fully saturated rings. The van der Waals surface area contributed by atoms with Gasteiger partial charge in [0.2, 0.25) is 5.82 Å². The number of hydrogen-bond acceptors (Lipinski definition) is 7. The van der Waals surface area contributed by atoms with Gasteiger partial charge in [-0.3, -0.25) is 19.5 Å². The average molecular weight is 411 g/mol. The number of imidazole rings is 1. The fourth-order valence-corrected chi connectivity index (χ4v) is 3.04. The normalized spacial score (nSPS) is 12.1. The monoisotopic (exact) mass is 411 g/mol. The summed E-state index contributed by atoms with van der Waals surface area (Å²) in [5.74, 6) is -0.876. The number of halogens is 2. The van der Waals surface area contributed by atoms with Crippen LogP contribution in [0.25, 0.3) is 17.2 Å². The summed E-state index contributed by atoms with van der Waals surface area (Å²) >= 11 is 0. The topological polar surface area (TPSA) is 111 Å². The van der Waals surface area contributed by atoms with Crippen LogP contribution in [0.4, 0.5) is 20.3 Å². The van der Waals surface area contributed by atoms with Gasteiger partial charge in [-0.2, -0.15) is 0 Å². The smallest absolute Gasteiger partial charge is 0.329 e. The molecule has 0 aromatic carbocycles. The number of aryl methyl sites for hydroxylation is 1. The maximum absolute atomic E-state index is 13.9. The van der Waals surface area contributed by atoms with Gasteiger partial charge in [-0.25, -0.2) is 23.7 Å². The first-order chi connectivity index (χ1) is 14.3. The van der Waals surface area contributed by atoms with Crippen molar-refractivity contribution in [1.29, 1.82) is 0 Å². The molecule has 30 heavy (non-hydrogen) atoms. The van der Waals surface area contributed by atoms with Gasteiger partial charge in [0.05, 0.1) is 29.1 Å². The molecular formula is C19H15F2N7O2. The van der Waals surface area contributed by atoms with Crippen LogP contribution in [-0.2, 0) is 0 Å². The second-order valence-corrected chi connectivity index (χ2v) is 6.63. The van der Waals surface area contributed by atoms with E-state index in [0.717, 1.165) is 12.4 Å². The molecule has 4 aromatic rings. The van der Waals surface area contributed by atoms with Gasteiger partial charge < -0.3 is 5.32 Å². The molecule has 0 aliphatic rings. The standard InChI is InChI=1S/C19H15F2N7O2/c1-10-5-13(21)9-27-15(7-24-19(10)27)17-23-8-16(28(29)30)18(26-17)25-11(2)14-4-3-12(20)6-22-14/h3-9,11H,1-2H3,(H,23,25,26)/t11-/m0/s1. The number of nitrogens with zero attached hydrogens (tertiary/aromatic N) is 6. The molecule has 4 heterocycles. The Balaban J connectivity index is 1.77. The highest BCUT2D eigenvalue weighted by atomic mass is 19.1. The summed E-state index contributed by atoms with van der Waals surface area (Å²) in [4.78, 5) is 27.4. The van der Waals surface area contributed by atoms with E-state index in [0.29, 0.717) is 22.6 Å². The third-order valence-corrected chi connectivity index (χ3v) is 4.50. The minimum atomic E-state index is -0.616. The van der Waals surface area contributed by atoms with Crippen LogP contribution in [-0.4, -0.2) is 29.3 Å². The van der Waals surface area contributed by atoms with Gasteiger partial charge >= 0.3 is 5.69 Å². The molecule has 0 radical (unpaired) electrons. The van der Waals surface area contributed by atoms with Crippen LogP contribution < -0.4 is 5.32 Å². The third-order valence-electron chi connectivity index (χ3n) is 4.50. The Hall–Kier alpha value is -4.02. The second-order valence-electron chi connectivity index (χ2n) is 6.63. The van der Waals surface area contributed by atoms with Gasteiger partial charge in [0, 0.05) is 6.20 Å². The first-order valence-electron chi connectivity index (χ1n) is 8.86. The molecule has 0 spiro atoms. The Bertz CT molecular complexity index is 1260. The number of nitrogens with one attached hydrogen (secondary N) is 1. The van der Waals surface area contributed by atoms with Crippen LogP contribution in [0.5, 0.6) is 0 Å². The van der Waals surface area contributed by atoms with Gasteiger partial charge in [-0.05, 0) is 37.6 Å². The summed E-state index contributed by atoms with van der Waals surface area (Å²) in [7, 11) is 0. The fourth-order valence-electron chi connectivity index (χ4n) is 3.04. The fraction of sp³-hybridized carbons (Fsp3) is 0.158. The van der Waals surface area contributed by atoms with Crippen LogP contribution in [0.15, 0.2) is 43.0 Å². The van der Waals surface area contributed by atoms with E-state index >= 15 is 0 Å². The molecule has 11 heteroatoms. The maximum Gasteiger partial charge on any atom is 0.329 e. The largest absolute Gasteiger partial charge is 0.356 e. The van der Waals surface area contributed by atoms with E-state index in [1.165, 1.54) is 35.0 Å². The average Bonchev–Trinajstić information content (AvgIpc) is 3.12. The predicted octanol–water partition coefficient (Wildman–Crippen LogP) is 3.85. The summed E-state index contributed by atoms with van der Waals surface area (Å²) in [6, 6.07) is 3.56. The molecule has 4 aromatic heterocycles. The van der Waals surface area contributed by atoms with Crippen molar-refractivity contribution >= 4 is 17.2 Å². The number of hydrogen-bond donors (Lipinski definition) is 1. The molecule has 152 valence electrons. The highest BCUT2D eigenvalue weighted by molar-refractivity contribution is 5.64. The molecule has 0 unspecified atom stereocenters. The molecule has 0 amide bonds. The van der Waals surface area contributed by atoms with Gasteiger partial charge in [0.15, 0.2) is 5.82 Å². The molecule has 9 nitrogen and oxygen atoms in total. The van der Waals surface area contributed by atoms with Crippen molar-refractivity contribution in [2.45, 2.75) is 19.9 Å². The summed E-state index contributed by atoms with van der Waals surface area (Å²) < 4.78 is 28.5. The lowest BCUT2D eigenvalue weighted by Crippen LogP contribution is -2.12. The SMILES string of the molecule is Cc1cc(F)cn2c(-c3ncc([N+](=O)[O-])c(N[C@@H](C)c4ccc(F)cn4)n3)cnc12. The zero-order chi connectivity index (χ0) is 21.4. The summed E-state index contributed by atoms with van der Waals surface area (Å²) in [5.41, 5.74) is 1.64. The number of anilines is 1. The lowest BCUT2D eigenvalue weighted by Gasteiger charge is -2.14. The minimum Gasteiger partial charge on any atom is -0.356 e. The Morgan fingerprint density at radius 1 is 1.13 bits per heavy atom. The van der Waals surface area contributed by atoms with Crippen molar-refractivity contribution in [3.05, 3.63) is 76.0 Å². The van der Waals surface area contributed by atoms with Crippen LogP contribution in [0.2, 0.25) is 0 Å². The molecule has 0 aliphatic heterocycles. The summed E-state index contributed by atoms with van der Waals surface area (Å²) in [5, 5.41) is 14.4. The molecule has 1 N–H and O–H groups in total. The number of rotatable bonds is 5.